The molecule has 1 aromatic heterocycles. The van der Waals surface area contributed by atoms with E-state index in [9.17, 15) is 9.59 Å². The van der Waals surface area contributed by atoms with E-state index in [1.54, 1.807) is 31.2 Å². The lowest BCUT2D eigenvalue weighted by Gasteiger charge is -2.06. The number of carbonyl (C=O) groups is 1. The van der Waals surface area contributed by atoms with Crippen molar-refractivity contribution >= 4 is 5.97 Å². The van der Waals surface area contributed by atoms with Gasteiger partial charge >= 0.3 is 5.97 Å². The molecule has 1 N–H and O–H groups in total. The molecule has 2 aromatic rings. The minimum atomic E-state index is -0.985. The van der Waals surface area contributed by atoms with E-state index in [0.717, 1.165) is 11.3 Å². The van der Waals surface area contributed by atoms with Crippen LogP contribution in [0.1, 0.15) is 21.6 Å². The average molecular weight is 244 g/mol. The Labute approximate surface area is 103 Å². The Morgan fingerprint density at radius 3 is 2.83 bits per heavy atom. The van der Waals surface area contributed by atoms with Gasteiger partial charge in [-0.2, -0.15) is 5.10 Å². The number of hydrogen-bond acceptors (Lipinski definition) is 3. The largest absolute Gasteiger partial charge is 0.478 e. The number of carboxylic acids is 1. The predicted molar refractivity (Wildman–Crippen MR) is 65.7 cm³/mol. The van der Waals surface area contributed by atoms with E-state index in [2.05, 4.69) is 5.10 Å². The molecule has 0 aliphatic heterocycles. The Hall–Kier alpha value is -2.43. The zero-order valence-electron chi connectivity index (χ0n) is 9.83. The van der Waals surface area contributed by atoms with Gasteiger partial charge in [-0.3, -0.25) is 4.79 Å². The number of aromatic nitrogens is 2. The first-order chi connectivity index (χ1) is 8.56. The highest BCUT2D eigenvalue weighted by Crippen LogP contribution is 2.06. The second-order valence-corrected chi connectivity index (χ2v) is 3.98. The third kappa shape index (κ3) is 2.63. The van der Waals surface area contributed by atoms with Crippen LogP contribution in [0.25, 0.3) is 0 Å². The minimum absolute atomic E-state index is 0.202. The summed E-state index contributed by atoms with van der Waals surface area (Å²) in [5.41, 5.74) is 1.47. The van der Waals surface area contributed by atoms with Gasteiger partial charge < -0.3 is 5.11 Å². The SMILES string of the molecule is Cc1ccc(=O)n(Cc2cccc(C(=O)O)c2)n1. The third-order valence-electron chi connectivity index (χ3n) is 2.51. The van der Waals surface area contributed by atoms with Crippen molar-refractivity contribution in [2.75, 3.05) is 0 Å². The molecular formula is C13H12N2O3. The molecule has 1 aromatic carbocycles. The number of rotatable bonds is 3. The Balaban J connectivity index is 2.34. The number of hydrogen-bond donors (Lipinski definition) is 1. The molecule has 0 spiro atoms. The van der Waals surface area contributed by atoms with Gasteiger partial charge in [-0.05, 0) is 30.7 Å². The van der Waals surface area contributed by atoms with Gasteiger partial charge in [0.15, 0.2) is 0 Å². The molecule has 1 heterocycles. The second kappa shape index (κ2) is 4.83. The van der Waals surface area contributed by atoms with Crippen LogP contribution in [0.3, 0.4) is 0 Å². The van der Waals surface area contributed by atoms with Crippen molar-refractivity contribution in [1.82, 2.24) is 9.78 Å². The minimum Gasteiger partial charge on any atom is -0.478 e. The topological polar surface area (TPSA) is 72.2 Å². The summed E-state index contributed by atoms with van der Waals surface area (Å²) >= 11 is 0. The first-order valence-corrected chi connectivity index (χ1v) is 5.43. The Kier molecular flexibility index (Phi) is 3.23. The van der Waals surface area contributed by atoms with Crippen molar-refractivity contribution in [3.8, 4) is 0 Å². The summed E-state index contributed by atoms with van der Waals surface area (Å²) in [5, 5.41) is 13.0. The number of benzene rings is 1. The first-order valence-electron chi connectivity index (χ1n) is 5.43. The van der Waals surface area contributed by atoms with Crippen LogP contribution in [-0.4, -0.2) is 20.9 Å². The molecule has 0 unspecified atom stereocenters. The second-order valence-electron chi connectivity index (χ2n) is 3.98. The molecule has 0 atom stereocenters. The highest BCUT2D eigenvalue weighted by atomic mass is 16.4. The van der Waals surface area contributed by atoms with Crippen molar-refractivity contribution in [1.29, 1.82) is 0 Å². The van der Waals surface area contributed by atoms with E-state index in [4.69, 9.17) is 5.11 Å². The van der Waals surface area contributed by atoms with Crippen LogP contribution in [-0.2, 0) is 6.54 Å². The van der Waals surface area contributed by atoms with E-state index in [1.807, 2.05) is 0 Å². The van der Waals surface area contributed by atoms with Gasteiger partial charge in [0.2, 0.25) is 0 Å². The molecule has 5 heteroatoms. The highest BCUT2D eigenvalue weighted by Gasteiger charge is 2.05. The van der Waals surface area contributed by atoms with Crippen molar-refractivity contribution in [2.24, 2.45) is 0 Å². The van der Waals surface area contributed by atoms with Crippen LogP contribution >= 0.6 is 0 Å². The average Bonchev–Trinajstić information content (AvgIpc) is 2.34. The maximum absolute atomic E-state index is 11.6. The normalized spacial score (nSPS) is 10.3. The molecule has 0 saturated heterocycles. The molecule has 0 aliphatic rings. The van der Waals surface area contributed by atoms with Crippen molar-refractivity contribution < 1.29 is 9.90 Å². The lowest BCUT2D eigenvalue weighted by Crippen LogP contribution is -2.23. The lowest BCUT2D eigenvalue weighted by atomic mass is 10.1. The van der Waals surface area contributed by atoms with Gasteiger partial charge in [-0.1, -0.05) is 12.1 Å². The zero-order valence-corrected chi connectivity index (χ0v) is 9.83. The van der Waals surface area contributed by atoms with Crippen LogP contribution in [0.5, 0.6) is 0 Å². The third-order valence-corrected chi connectivity index (χ3v) is 2.51. The van der Waals surface area contributed by atoms with Gasteiger partial charge in [0.05, 0.1) is 17.8 Å². The fourth-order valence-corrected chi connectivity index (χ4v) is 1.64. The van der Waals surface area contributed by atoms with Crippen LogP contribution in [0.4, 0.5) is 0 Å². The quantitative estimate of drug-likeness (QED) is 0.883. The summed E-state index contributed by atoms with van der Waals surface area (Å²) in [6.45, 7) is 2.06. The van der Waals surface area contributed by atoms with E-state index in [0.29, 0.717) is 0 Å². The molecule has 0 fully saturated rings. The predicted octanol–water partition coefficient (Wildman–Crippen LogP) is 1.30. The Morgan fingerprint density at radius 2 is 2.11 bits per heavy atom. The van der Waals surface area contributed by atoms with E-state index in [-0.39, 0.29) is 17.7 Å². The summed E-state index contributed by atoms with van der Waals surface area (Å²) in [6, 6.07) is 9.56. The zero-order chi connectivity index (χ0) is 13.1. The van der Waals surface area contributed by atoms with Crippen LogP contribution in [0.2, 0.25) is 0 Å². The maximum atomic E-state index is 11.6. The van der Waals surface area contributed by atoms with Gasteiger partial charge in [0.25, 0.3) is 5.56 Å². The smallest absolute Gasteiger partial charge is 0.335 e. The summed E-state index contributed by atoms with van der Waals surface area (Å²) in [4.78, 5) is 22.4. The van der Waals surface area contributed by atoms with Gasteiger partial charge in [0, 0.05) is 6.07 Å². The number of aromatic carboxylic acids is 1. The molecule has 18 heavy (non-hydrogen) atoms. The van der Waals surface area contributed by atoms with E-state index in [1.165, 1.54) is 16.8 Å². The molecule has 5 nitrogen and oxygen atoms in total. The highest BCUT2D eigenvalue weighted by molar-refractivity contribution is 5.87. The van der Waals surface area contributed by atoms with Crippen LogP contribution < -0.4 is 5.56 Å². The van der Waals surface area contributed by atoms with E-state index >= 15 is 0 Å². The lowest BCUT2D eigenvalue weighted by molar-refractivity contribution is 0.0696. The molecule has 0 radical (unpaired) electrons. The molecule has 0 aliphatic carbocycles. The number of aryl methyl sites for hydroxylation is 1. The monoisotopic (exact) mass is 244 g/mol. The van der Waals surface area contributed by atoms with Gasteiger partial charge in [0.1, 0.15) is 0 Å². The standard InChI is InChI=1S/C13H12N2O3/c1-9-5-6-12(16)15(14-9)8-10-3-2-4-11(7-10)13(17)18/h2-7H,8H2,1H3,(H,17,18). The summed E-state index contributed by atoms with van der Waals surface area (Å²) in [5.74, 6) is -0.985. The van der Waals surface area contributed by atoms with Crippen molar-refractivity contribution in [3.63, 3.8) is 0 Å². The van der Waals surface area contributed by atoms with Crippen LogP contribution in [0.15, 0.2) is 41.2 Å². The number of nitrogens with zero attached hydrogens (tertiary/aromatic N) is 2. The van der Waals surface area contributed by atoms with Gasteiger partial charge in [-0.25, -0.2) is 9.48 Å². The molecule has 0 bridgehead atoms. The van der Waals surface area contributed by atoms with Crippen molar-refractivity contribution in [3.05, 3.63) is 63.6 Å². The Bertz CT molecular complexity index is 647. The first kappa shape index (κ1) is 12.0. The maximum Gasteiger partial charge on any atom is 0.335 e. The fraction of sp³-hybridized carbons (Fsp3) is 0.154. The molecule has 2 rings (SSSR count). The summed E-state index contributed by atoms with van der Waals surface area (Å²) in [7, 11) is 0. The molecular weight excluding hydrogens is 232 g/mol. The summed E-state index contributed by atoms with van der Waals surface area (Å²) in [6.07, 6.45) is 0. The van der Waals surface area contributed by atoms with E-state index < -0.39 is 5.97 Å². The number of carboxylic acid groups (broad SMARTS) is 1. The molecule has 0 saturated carbocycles. The van der Waals surface area contributed by atoms with Crippen LogP contribution in [0, 0.1) is 6.92 Å². The van der Waals surface area contributed by atoms with Crippen molar-refractivity contribution in [2.45, 2.75) is 13.5 Å². The summed E-state index contributed by atoms with van der Waals surface area (Å²) < 4.78 is 1.32. The molecule has 0 amide bonds. The fourth-order valence-electron chi connectivity index (χ4n) is 1.64. The van der Waals surface area contributed by atoms with Gasteiger partial charge in [-0.15, -0.1) is 0 Å². The Morgan fingerprint density at radius 1 is 1.33 bits per heavy atom. The molecule has 92 valence electrons.